The maximum absolute atomic E-state index is 11.1. The zero-order valence-electron chi connectivity index (χ0n) is 16.5. The van der Waals surface area contributed by atoms with Crippen molar-refractivity contribution in [3.8, 4) is 21.9 Å². The van der Waals surface area contributed by atoms with Crippen molar-refractivity contribution < 1.29 is 19.7 Å². The van der Waals surface area contributed by atoms with Crippen molar-refractivity contribution in [2.75, 3.05) is 11.9 Å². The second-order valence-electron chi connectivity index (χ2n) is 6.90. The molecule has 0 fully saturated rings. The summed E-state index contributed by atoms with van der Waals surface area (Å²) in [5.41, 5.74) is 6.67. The van der Waals surface area contributed by atoms with Crippen LogP contribution in [0.2, 0.25) is 0 Å². The molecular formula is C22H19N3O4S2. The number of hydrogen-bond acceptors (Lipinski definition) is 6. The third kappa shape index (κ3) is 4.52. The second-order valence-corrected chi connectivity index (χ2v) is 8.19. The van der Waals surface area contributed by atoms with Crippen molar-refractivity contribution in [2.45, 2.75) is 13.3 Å². The van der Waals surface area contributed by atoms with Gasteiger partial charge in [0.25, 0.3) is 0 Å². The molecule has 2 heterocycles. The van der Waals surface area contributed by atoms with Crippen LogP contribution in [0.25, 0.3) is 10.4 Å². The number of nitrogens with zero attached hydrogens (tertiary/aromatic N) is 1. The quantitative estimate of drug-likeness (QED) is 0.257. The van der Waals surface area contributed by atoms with E-state index in [1.165, 1.54) is 23.5 Å². The Hall–Kier alpha value is -3.43. The molecule has 158 valence electrons. The van der Waals surface area contributed by atoms with Gasteiger partial charge in [-0.05, 0) is 66.7 Å². The Kier molecular flexibility index (Phi) is 5.88. The predicted octanol–water partition coefficient (Wildman–Crippen LogP) is 4.46. The summed E-state index contributed by atoms with van der Waals surface area (Å²) in [4.78, 5) is 11.8. The van der Waals surface area contributed by atoms with E-state index in [1.807, 2.05) is 23.6 Å². The number of carbonyl (C=O) groups is 1. The molecule has 0 amide bonds. The van der Waals surface area contributed by atoms with Crippen molar-refractivity contribution >= 4 is 46.0 Å². The normalized spacial score (nSPS) is 12.7. The summed E-state index contributed by atoms with van der Waals surface area (Å²) in [5, 5.41) is 29.0. The number of thiocarbonyl (C=S) groups is 1. The summed E-state index contributed by atoms with van der Waals surface area (Å²) in [6.45, 7) is 2.45. The fourth-order valence-corrected chi connectivity index (χ4v) is 4.39. The summed E-state index contributed by atoms with van der Waals surface area (Å²) in [6.07, 6.45) is 0.867. The highest BCUT2D eigenvalue weighted by molar-refractivity contribution is 7.80. The molecule has 1 aromatic heterocycles. The lowest BCUT2D eigenvalue weighted by Crippen LogP contribution is -2.25. The molecule has 0 atom stereocenters. The fraction of sp³-hybridized carbons (Fsp3) is 0.136. The van der Waals surface area contributed by atoms with Crippen LogP contribution >= 0.6 is 23.6 Å². The summed E-state index contributed by atoms with van der Waals surface area (Å²) in [7, 11) is 0. The molecule has 31 heavy (non-hydrogen) atoms. The van der Waals surface area contributed by atoms with E-state index in [2.05, 4.69) is 15.8 Å². The van der Waals surface area contributed by atoms with Gasteiger partial charge in [-0.1, -0.05) is 6.07 Å². The van der Waals surface area contributed by atoms with Crippen LogP contribution in [0, 0.1) is 0 Å². The molecule has 7 nitrogen and oxygen atoms in total. The number of ether oxygens (including phenoxy) is 1. The maximum atomic E-state index is 11.1. The Labute approximate surface area is 188 Å². The van der Waals surface area contributed by atoms with E-state index >= 15 is 0 Å². The number of thiophene rings is 1. The Morgan fingerprint density at radius 1 is 1.26 bits per heavy atom. The van der Waals surface area contributed by atoms with Gasteiger partial charge in [-0.15, -0.1) is 11.3 Å². The van der Waals surface area contributed by atoms with Gasteiger partial charge >= 0.3 is 5.97 Å². The average molecular weight is 454 g/mol. The number of benzene rings is 2. The van der Waals surface area contributed by atoms with Crippen molar-refractivity contribution in [1.82, 2.24) is 5.43 Å². The molecule has 1 aliphatic heterocycles. The molecule has 4 rings (SSSR count). The van der Waals surface area contributed by atoms with Crippen LogP contribution in [-0.4, -0.2) is 33.6 Å². The molecule has 4 N–H and O–H groups in total. The lowest BCUT2D eigenvalue weighted by atomic mass is 10.1. The molecule has 0 bridgehead atoms. The van der Waals surface area contributed by atoms with Gasteiger partial charge in [0.05, 0.1) is 28.3 Å². The molecule has 0 unspecified atom stereocenters. The minimum Gasteiger partial charge on any atom is -0.506 e. The molecular weight excluding hydrogens is 434 g/mol. The Morgan fingerprint density at radius 3 is 2.90 bits per heavy atom. The van der Waals surface area contributed by atoms with Gasteiger partial charge in [-0.25, -0.2) is 4.79 Å². The van der Waals surface area contributed by atoms with Gasteiger partial charge in [0.15, 0.2) is 5.11 Å². The smallest absolute Gasteiger partial charge is 0.335 e. The zero-order valence-corrected chi connectivity index (χ0v) is 18.1. The second kappa shape index (κ2) is 8.75. The number of hydrogen-bond donors (Lipinski definition) is 4. The zero-order chi connectivity index (χ0) is 22.0. The number of nitrogens with one attached hydrogen (secondary N) is 2. The summed E-state index contributed by atoms with van der Waals surface area (Å²) in [6, 6.07) is 12.2. The van der Waals surface area contributed by atoms with Crippen LogP contribution in [0.5, 0.6) is 11.5 Å². The standard InChI is InChI=1S/C22H19N3O4S2/c1-12(24-25-22(30)23-16-4-2-3-15(10-16)21(27)28)17-11-31-20(19(17)26)14-5-6-18-13(9-14)7-8-29-18/h2-6,9-11,26H,7-8H2,1H3,(H,27,28)(H2,23,25,30)/b24-12+. The SMILES string of the molecule is C/C(=N\NC(=S)Nc1cccc(C(=O)O)c1)c1csc(-c2ccc3c(c2)CCO3)c1O. The van der Waals surface area contributed by atoms with E-state index in [1.54, 1.807) is 19.1 Å². The third-order valence-electron chi connectivity index (χ3n) is 4.80. The molecule has 2 aromatic carbocycles. The molecule has 9 heteroatoms. The first kappa shape index (κ1) is 20.8. The maximum Gasteiger partial charge on any atom is 0.335 e. The highest BCUT2D eigenvalue weighted by Gasteiger charge is 2.18. The van der Waals surface area contributed by atoms with Crippen molar-refractivity contribution in [3.63, 3.8) is 0 Å². The lowest BCUT2D eigenvalue weighted by molar-refractivity contribution is 0.0697. The van der Waals surface area contributed by atoms with Crippen molar-refractivity contribution in [1.29, 1.82) is 0 Å². The van der Waals surface area contributed by atoms with Gasteiger partial charge in [-0.2, -0.15) is 5.10 Å². The average Bonchev–Trinajstić information content (AvgIpc) is 3.38. The molecule has 0 spiro atoms. The Bertz CT molecular complexity index is 1200. The highest BCUT2D eigenvalue weighted by Crippen LogP contribution is 2.40. The molecule has 0 aliphatic carbocycles. The number of carboxylic acids is 1. The number of carboxylic acid groups (broad SMARTS) is 1. The van der Waals surface area contributed by atoms with Crippen LogP contribution in [0.1, 0.15) is 28.4 Å². The summed E-state index contributed by atoms with van der Waals surface area (Å²) in [5.74, 6) is 0.0489. The number of hydrazone groups is 1. The van der Waals surface area contributed by atoms with E-state index in [-0.39, 0.29) is 16.4 Å². The lowest BCUT2D eigenvalue weighted by Gasteiger charge is -2.08. The largest absolute Gasteiger partial charge is 0.506 e. The first-order chi connectivity index (χ1) is 14.9. The topological polar surface area (TPSA) is 103 Å². The van der Waals surface area contributed by atoms with Crippen molar-refractivity contribution in [3.05, 3.63) is 64.5 Å². The number of rotatable bonds is 5. The van der Waals surface area contributed by atoms with E-state index in [4.69, 9.17) is 22.1 Å². The molecule has 0 saturated carbocycles. The van der Waals surface area contributed by atoms with Crippen LogP contribution in [0.3, 0.4) is 0 Å². The molecule has 0 saturated heterocycles. The molecule has 1 aliphatic rings. The van der Waals surface area contributed by atoms with Gasteiger partial charge < -0.3 is 20.3 Å². The van der Waals surface area contributed by atoms with Gasteiger partial charge in [0.2, 0.25) is 0 Å². The Morgan fingerprint density at radius 2 is 2.10 bits per heavy atom. The minimum absolute atomic E-state index is 0.154. The highest BCUT2D eigenvalue weighted by atomic mass is 32.1. The minimum atomic E-state index is -1.02. The first-order valence-corrected chi connectivity index (χ1v) is 10.7. The molecule has 0 radical (unpaired) electrons. The van der Waals surface area contributed by atoms with E-state index < -0.39 is 5.97 Å². The third-order valence-corrected chi connectivity index (χ3v) is 6.01. The van der Waals surface area contributed by atoms with Crippen LogP contribution < -0.4 is 15.5 Å². The van der Waals surface area contributed by atoms with Gasteiger partial charge in [0.1, 0.15) is 11.5 Å². The summed E-state index contributed by atoms with van der Waals surface area (Å²) < 4.78 is 5.54. The number of anilines is 1. The van der Waals surface area contributed by atoms with E-state index in [9.17, 15) is 9.90 Å². The number of fused-ring (bicyclic) bond motifs is 1. The predicted molar refractivity (Wildman–Crippen MR) is 126 cm³/mol. The fourth-order valence-electron chi connectivity index (χ4n) is 3.22. The van der Waals surface area contributed by atoms with Crippen molar-refractivity contribution in [2.24, 2.45) is 5.10 Å². The van der Waals surface area contributed by atoms with Crippen LogP contribution in [-0.2, 0) is 6.42 Å². The molecule has 3 aromatic rings. The first-order valence-electron chi connectivity index (χ1n) is 9.44. The summed E-state index contributed by atoms with van der Waals surface area (Å²) >= 11 is 6.67. The van der Waals surface area contributed by atoms with Gasteiger partial charge in [-0.3, -0.25) is 5.43 Å². The van der Waals surface area contributed by atoms with Crippen LogP contribution in [0.15, 0.2) is 52.9 Å². The Balaban J connectivity index is 1.46. The number of aromatic carboxylic acids is 1. The van der Waals surface area contributed by atoms with E-state index in [0.717, 1.165) is 28.2 Å². The van der Waals surface area contributed by atoms with Crippen LogP contribution in [0.4, 0.5) is 5.69 Å². The van der Waals surface area contributed by atoms with Gasteiger partial charge in [0, 0.05) is 17.5 Å². The number of aromatic hydroxyl groups is 1. The monoisotopic (exact) mass is 453 g/mol. The van der Waals surface area contributed by atoms with E-state index in [0.29, 0.717) is 23.6 Å².